The Labute approximate surface area is 464 Å². The van der Waals surface area contributed by atoms with E-state index >= 15 is 0 Å². The summed E-state index contributed by atoms with van der Waals surface area (Å²) in [6.07, 6.45) is 15.6. The van der Waals surface area contributed by atoms with Crippen LogP contribution in [0.3, 0.4) is 0 Å². The number of aliphatic hydroxyl groups excluding tert-OH is 2. The molecule has 3 N–H and O–H groups in total. The molecule has 0 amide bonds. The van der Waals surface area contributed by atoms with Crippen molar-refractivity contribution in [2.75, 3.05) is 74.2 Å². The summed E-state index contributed by atoms with van der Waals surface area (Å²) < 4.78 is 56.0. The molecule has 9 unspecified atom stereocenters. The molecule has 434 valence electrons. The molecule has 0 aromatic heterocycles. The molecule has 3 spiro atoms. The monoisotopic (exact) mass is 1100 g/mol. The van der Waals surface area contributed by atoms with E-state index in [-0.39, 0.29) is 47.0 Å². The molecule has 9 aliphatic rings. The van der Waals surface area contributed by atoms with Crippen molar-refractivity contribution < 1.29 is 77.2 Å². The van der Waals surface area contributed by atoms with Gasteiger partial charge in [-0.2, -0.15) is 0 Å². The van der Waals surface area contributed by atoms with Gasteiger partial charge in [0.05, 0.1) is 103 Å². The highest BCUT2D eigenvalue weighted by atomic mass is 16.7. The molecule has 0 bridgehead atoms. The van der Waals surface area contributed by atoms with Crippen LogP contribution in [0.5, 0.6) is 34.5 Å². The van der Waals surface area contributed by atoms with Crippen molar-refractivity contribution in [2.45, 2.75) is 176 Å². The first-order chi connectivity index (χ1) is 38.4. The maximum absolute atomic E-state index is 9.76. The lowest BCUT2D eigenvalue weighted by molar-refractivity contribution is -0.0238. The van der Waals surface area contributed by atoms with E-state index in [4.69, 9.17) is 67.0 Å². The SMILES string of the molecule is CCCOC1CCC(O)C1.CCCOC1CCC(Oc2cc(C3=NOC4(CCOC4)C3)ccc2OC)C1.COc1ccc(C2=NOC3(CCOC3)C2)cc1O.COc1ccc(C2=NOC3(CCOC3)C2)cc1OC1CCC(O)C1. The Kier molecular flexibility index (Phi) is 20.2. The Morgan fingerprint density at radius 2 is 0.861 bits per heavy atom. The van der Waals surface area contributed by atoms with Crippen LogP contribution in [0.2, 0.25) is 0 Å². The molecule has 12 rings (SSSR count). The van der Waals surface area contributed by atoms with Crippen molar-refractivity contribution >= 4 is 17.1 Å². The van der Waals surface area contributed by atoms with Crippen molar-refractivity contribution in [1.29, 1.82) is 0 Å². The zero-order valence-corrected chi connectivity index (χ0v) is 46.8. The van der Waals surface area contributed by atoms with Gasteiger partial charge in [-0.15, -0.1) is 0 Å². The second kappa shape index (κ2) is 27.4. The van der Waals surface area contributed by atoms with E-state index in [9.17, 15) is 10.2 Å². The van der Waals surface area contributed by atoms with Crippen LogP contribution in [0.1, 0.15) is 140 Å². The first kappa shape index (κ1) is 58.3. The third-order valence-corrected chi connectivity index (χ3v) is 16.0. The summed E-state index contributed by atoms with van der Waals surface area (Å²) in [5.74, 6) is 3.47. The Hall–Kier alpha value is -5.41. The van der Waals surface area contributed by atoms with Crippen molar-refractivity contribution in [2.24, 2.45) is 15.5 Å². The molecule has 3 aromatic rings. The summed E-state index contributed by atoms with van der Waals surface area (Å²) in [4.78, 5) is 16.9. The molecular formula is C60H83N3O16. The molecule has 0 radical (unpaired) electrons. The number of phenols is 1. The van der Waals surface area contributed by atoms with Gasteiger partial charge in [0.2, 0.25) is 0 Å². The van der Waals surface area contributed by atoms with Crippen molar-refractivity contribution in [3.05, 3.63) is 71.3 Å². The van der Waals surface area contributed by atoms with E-state index in [0.717, 1.165) is 181 Å². The molecule has 3 saturated carbocycles. The molecule has 3 saturated heterocycles. The molecule has 6 heterocycles. The highest BCUT2D eigenvalue weighted by Crippen LogP contribution is 2.41. The van der Waals surface area contributed by atoms with Crippen LogP contribution in [0.25, 0.3) is 0 Å². The number of methoxy groups -OCH3 is 3. The van der Waals surface area contributed by atoms with Crippen LogP contribution in [-0.2, 0) is 38.2 Å². The highest BCUT2D eigenvalue weighted by molar-refractivity contribution is 6.03. The van der Waals surface area contributed by atoms with Crippen LogP contribution < -0.4 is 23.7 Å². The second-order valence-corrected chi connectivity index (χ2v) is 22.2. The maximum Gasteiger partial charge on any atom is 0.168 e. The number of oxime groups is 3. The Morgan fingerprint density at radius 3 is 1.24 bits per heavy atom. The van der Waals surface area contributed by atoms with E-state index in [1.54, 1.807) is 26.4 Å². The van der Waals surface area contributed by atoms with Crippen LogP contribution in [0.4, 0.5) is 0 Å². The number of phenolic OH excluding ortho intramolecular Hbond substituents is 1. The summed E-state index contributed by atoms with van der Waals surface area (Å²) >= 11 is 0. The number of aliphatic hydroxyl groups is 2. The number of hydrogen-bond donors (Lipinski definition) is 3. The average Bonchev–Trinajstić information content (AvgIpc) is 4.40. The molecule has 3 aliphatic carbocycles. The van der Waals surface area contributed by atoms with Crippen molar-refractivity contribution in [3.8, 4) is 34.5 Å². The minimum absolute atomic E-state index is 0.0282. The number of aromatic hydroxyl groups is 1. The van der Waals surface area contributed by atoms with Gasteiger partial charge in [-0.1, -0.05) is 29.3 Å². The molecule has 19 nitrogen and oxygen atoms in total. The van der Waals surface area contributed by atoms with Gasteiger partial charge >= 0.3 is 0 Å². The standard InChI is InChI=1S/C21H29NO5.C18H23NO5.C13H15NO4.C8H16O2/c1-3-9-25-16-5-6-17(12-16)26-20-11-15(4-7-19(20)23-2)18-13-21(27-22-18)8-10-24-14-21;1-21-16-5-2-12(8-17(16)23-14-4-3-13(20)9-14)15-10-18(24-19-15)6-7-22-11-18;1-16-12-3-2-9(6-11(12)15)10-7-13(18-14-10)4-5-17-8-13;1-2-5-10-8-4-3-7(9)6-8/h4,7,11,16-17H,3,5-6,8-10,12-14H2,1-2H3;2,5,8,13-14,20H,3-4,6-7,9-11H2,1H3;2-3,6,15H,4-5,7-8H2,1H3;7-9H,2-6H2,1H3. The molecule has 6 fully saturated rings. The minimum atomic E-state index is -0.287. The molecule has 19 heteroatoms. The topological polar surface area (TPSA) is 218 Å². The molecule has 9 atom stereocenters. The number of rotatable bonds is 16. The Balaban J connectivity index is 0.000000134. The van der Waals surface area contributed by atoms with E-state index in [2.05, 4.69) is 29.3 Å². The largest absolute Gasteiger partial charge is 0.504 e. The predicted molar refractivity (Wildman–Crippen MR) is 294 cm³/mol. The van der Waals surface area contributed by atoms with Crippen LogP contribution in [-0.4, -0.2) is 160 Å². The van der Waals surface area contributed by atoms with E-state index in [1.165, 1.54) is 7.11 Å². The summed E-state index contributed by atoms with van der Waals surface area (Å²) in [7, 11) is 4.83. The Bertz CT molecular complexity index is 2540. The lowest BCUT2D eigenvalue weighted by atomic mass is 9.93. The van der Waals surface area contributed by atoms with Gasteiger partial charge in [-0.05, 0) is 112 Å². The van der Waals surface area contributed by atoms with Crippen molar-refractivity contribution in [1.82, 2.24) is 0 Å². The number of nitrogens with zero attached hydrogens (tertiary/aromatic N) is 3. The van der Waals surface area contributed by atoms with Gasteiger partial charge in [-0.25, -0.2) is 0 Å². The Morgan fingerprint density at radius 1 is 0.481 bits per heavy atom. The maximum atomic E-state index is 9.76. The lowest BCUT2D eigenvalue weighted by Crippen LogP contribution is -2.29. The van der Waals surface area contributed by atoms with Gasteiger partial charge in [-0.3, -0.25) is 0 Å². The fourth-order valence-electron chi connectivity index (χ4n) is 11.4. The first-order valence-electron chi connectivity index (χ1n) is 28.6. The fourth-order valence-corrected chi connectivity index (χ4v) is 11.4. The summed E-state index contributed by atoms with van der Waals surface area (Å²) in [5, 5.41) is 41.3. The molecule has 3 aromatic carbocycles. The third kappa shape index (κ3) is 15.1. The van der Waals surface area contributed by atoms with Gasteiger partial charge in [0.25, 0.3) is 0 Å². The second-order valence-electron chi connectivity index (χ2n) is 22.2. The molecule has 6 aliphatic heterocycles. The summed E-state index contributed by atoms with van der Waals surface area (Å²) in [6, 6.07) is 17.1. The zero-order valence-electron chi connectivity index (χ0n) is 46.8. The van der Waals surface area contributed by atoms with E-state index < -0.39 is 0 Å². The molecular weight excluding hydrogens is 1020 g/mol. The van der Waals surface area contributed by atoms with Crippen LogP contribution >= 0.6 is 0 Å². The molecule has 79 heavy (non-hydrogen) atoms. The quantitative estimate of drug-likeness (QED) is 0.122. The fraction of sp³-hybridized carbons (Fsp3) is 0.650. The smallest absolute Gasteiger partial charge is 0.168 e. The van der Waals surface area contributed by atoms with E-state index in [0.29, 0.717) is 55.7 Å². The summed E-state index contributed by atoms with van der Waals surface area (Å²) in [5.41, 5.74) is 4.72. The summed E-state index contributed by atoms with van der Waals surface area (Å²) in [6.45, 7) is 9.88. The van der Waals surface area contributed by atoms with Gasteiger partial charge in [0.15, 0.2) is 51.3 Å². The van der Waals surface area contributed by atoms with E-state index in [1.807, 2.05) is 42.5 Å². The predicted octanol–water partition coefficient (Wildman–Crippen LogP) is 8.99. The van der Waals surface area contributed by atoms with Gasteiger partial charge in [0, 0.05) is 81.3 Å². The minimum Gasteiger partial charge on any atom is -0.504 e. The van der Waals surface area contributed by atoms with Crippen LogP contribution in [0, 0.1) is 0 Å². The third-order valence-electron chi connectivity index (χ3n) is 16.0. The zero-order chi connectivity index (χ0) is 55.2. The van der Waals surface area contributed by atoms with Gasteiger partial charge < -0.3 is 77.2 Å². The first-order valence-corrected chi connectivity index (χ1v) is 28.6. The highest BCUT2D eigenvalue weighted by Gasteiger charge is 2.45. The number of ether oxygens (including phenoxy) is 10. The number of hydrogen-bond acceptors (Lipinski definition) is 19. The van der Waals surface area contributed by atoms with Crippen molar-refractivity contribution in [3.63, 3.8) is 0 Å². The number of benzene rings is 3. The van der Waals surface area contributed by atoms with Gasteiger partial charge in [0.1, 0.15) is 12.2 Å². The normalized spacial score (nSPS) is 30.0. The lowest BCUT2D eigenvalue weighted by Gasteiger charge is -2.18. The van der Waals surface area contributed by atoms with Crippen LogP contribution in [0.15, 0.2) is 70.1 Å². The average molecular weight is 1100 g/mol.